The van der Waals surface area contributed by atoms with Crippen molar-refractivity contribution in [2.24, 2.45) is 0 Å². The summed E-state index contributed by atoms with van der Waals surface area (Å²) >= 11 is 0. The molecule has 24 aliphatic rings. The minimum absolute atomic E-state index is 0.689. The van der Waals surface area contributed by atoms with Crippen molar-refractivity contribution in [1.82, 2.24) is 5.32 Å². The molecule has 50 heteroatoms. The lowest BCUT2D eigenvalue weighted by Crippen LogP contribution is -2.68. The zero-order valence-corrected chi connectivity index (χ0v) is 57.5. The van der Waals surface area contributed by atoms with Gasteiger partial charge in [0.05, 0.1) is 65.6 Å². The second kappa shape index (κ2) is 37.7. The molecule has 0 aromatic carbocycles. The van der Waals surface area contributed by atoms with Gasteiger partial charge in [-0.2, -0.15) is 0 Å². The molecule has 24 heterocycles. The fourth-order valence-electron chi connectivity index (χ4n) is 14.7. The molecule has 0 spiro atoms. The molecule has 0 aromatic heterocycles. The summed E-state index contributed by atoms with van der Waals surface area (Å²) in [6, 6.07) is -1.85. The molecule has 24 fully saturated rings. The zero-order chi connectivity index (χ0) is 80.1. The van der Waals surface area contributed by atoms with Crippen molar-refractivity contribution in [2.45, 2.75) is 307 Å². The highest BCUT2D eigenvalue weighted by Crippen LogP contribution is 2.41. The first-order chi connectivity index (χ1) is 52.3. The number of aliphatic hydroxyl groups excluding tert-OH is 29. The van der Waals surface area contributed by atoms with Crippen molar-refractivity contribution in [3.63, 3.8) is 0 Å². The van der Waals surface area contributed by atoms with Crippen LogP contribution in [0.1, 0.15) is 6.42 Å². The lowest BCUT2D eigenvalue weighted by atomic mass is 9.95. The Morgan fingerprint density at radius 2 is 0.564 bits per heavy atom. The molecule has 0 aliphatic carbocycles. The topological polar surface area (TPSA) is 791 Å². The van der Waals surface area contributed by atoms with E-state index < -0.39 is 373 Å². The van der Waals surface area contributed by atoms with Crippen molar-refractivity contribution in [1.29, 1.82) is 0 Å². The van der Waals surface area contributed by atoms with Crippen LogP contribution in [0.15, 0.2) is 0 Å². The van der Waals surface area contributed by atoms with E-state index in [1.165, 1.54) is 0 Å². The average Bonchev–Trinajstić information content (AvgIpc) is 0.777. The molecule has 14 bridgehead atoms. The third kappa shape index (κ3) is 17.8. The van der Waals surface area contributed by atoms with Crippen LogP contribution >= 0.6 is 0 Å². The third-order valence-electron chi connectivity index (χ3n) is 21.1. The second-order valence-corrected chi connectivity index (χ2v) is 28.2. The Morgan fingerprint density at radius 1 is 0.273 bits per heavy atom. The van der Waals surface area contributed by atoms with Crippen molar-refractivity contribution < 1.29 is 243 Å². The predicted molar refractivity (Wildman–Crippen MR) is 327 cm³/mol. The maximum absolute atomic E-state index is 13.5. The maximum atomic E-state index is 13.5. The molecule has 638 valence electrons. The molecule has 24 rings (SSSR count). The summed E-state index contributed by atoms with van der Waals surface area (Å²) in [5.41, 5.74) is 0. The van der Waals surface area contributed by atoms with Gasteiger partial charge in [0, 0.05) is 6.42 Å². The minimum atomic E-state index is -2.45. The van der Waals surface area contributed by atoms with Crippen LogP contribution in [0.3, 0.4) is 0 Å². The number of ether oxygens (including phenoxy) is 19. The van der Waals surface area contributed by atoms with E-state index in [0.717, 1.165) is 0 Å². The Kier molecular flexibility index (Phi) is 30.2. The van der Waals surface area contributed by atoms with Crippen LogP contribution < -0.4 is 5.32 Å². The quantitative estimate of drug-likeness (QED) is 0.0724. The predicted octanol–water partition coefficient (Wildman–Crippen LogP) is -21.6. The van der Waals surface area contributed by atoms with E-state index in [1.54, 1.807) is 0 Å². The number of carbonyl (C=O) groups excluding carboxylic acids is 1. The van der Waals surface area contributed by atoms with E-state index >= 15 is 0 Å². The number of amides is 1. The van der Waals surface area contributed by atoms with Gasteiger partial charge in [-0.1, -0.05) is 0 Å². The molecule has 0 saturated carbocycles. The maximum Gasteiger partial charge on any atom is 0.252 e. The molecule has 49 atom stereocenters. The lowest BCUT2D eigenvalue weighted by Gasteiger charge is -2.50. The molecular weight excluding hydrogens is 1520 g/mol. The largest absolute Gasteiger partial charge is 0.394 e. The Hall–Kier alpha value is -2.45. The van der Waals surface area contributed by atoms with E-state index in [2.05, 4.69) is 5.32 Å². The molecular formula is C60H99NO49. The van der Waals surface area contributed by atoms with Gasteiger partial charge in [-0.25, -0.2) is 0 Å². The summed E-state index contributed by atoms with van der Waals surface area (Å²) in [6.07, 6.45) is -102. The van der Waals surface area contributed by atoms with Gasteiger partial charge in [0.15, 0.2) is 69.0 Å². The minimum Gasteiger partial charge on any atom is -0.394 e. The molecule has 1 amide bonds. The van der Waals surface area contributed by atoms with Gasteiger partial charge in [0.25, 0.3) is 5.91 Å². The van der Waals surface area contributed by atoms with Crippen LogP contribution in [-0.2, 0) is 94.8 Å². The summed E-state index contributed by atoms with van der Waals surface area (Å²) in [7, 11) is 0. The number of hydrogen-bond acceptors (Lipinski definition) is 49. The van der Waals surface area contributed by atoms with Crippen molar-refractivity contribution in [2.75, 3.05) is 59.5 Å². The Labute approximate surface area is 619 Å². The fraction of sp³-hybridized carbons (Fsp3) is 0.983. The smallest absolute Gasteiger partial charge is 0.252 e. The molecule has 24 aliphatic heterocycles. The Bertz CT molecular complexity index is 2850. The summed E-state index contributed by atoms with van der Waals surface area (Å²) in [6.45, 7) is -9.87. The van der Waals surface area contributed by atoms with Gasteiger partial charge in [-0.15, -0.1) is 0 Å². The van der Waals surface area contributed by atoms with Crippen LogP contribution in [0, 0.1) is 0 Å². The number of rotatable bonds is 15. The summed E-state index contributed by atoms with van der Waals surface area (Å²) in [4.78, 5) is 13.5. The first kappa shape index (κ1) is 88.4. The standard InChI is InChI=1S/C60H99NO49/c62-2-13-12(94-53-34(82)25(73)26(74)49(110-53)50(90)61-22-24(72)23(71)14(3-63)93-51(22)91)1-11(70)52(95-13)92-10-21-48-33(81)41(89)60(102-21)108-47-20(9-69)100-58(39(87)31(47)79)106-45-18(7-67)98-56(37(85)29(45)77)104-43-16(5-65)96-54(35(83)27(43)75)103-42-15(4-64)97-55(36(84)28(42)76)105-44-17(6-66)99-57(38(86)30(44)78)107-46-19(8-68)101-59(109-48)40(88)32(46)80/h11-49,51-60,62-89,91H,1-10H2,(H,61,90)/t11-,12+,13-,14-,15-,16-,17-,18-,19-,20-,21-,22-,23+,24-,25+,26+,27-,28-,29-,30-,31-,32-,33-,34-,35-,36-,37-,38-,39-,40-,41-,42-,43-,44-,45-,46-,47-,48-,49+,51+,52+,53?,54-,55-,56-,57-,58?,59-,60-/m1/s1. The van der Waals surface area contributed by atoms with Crippen LogP contribution in [0.4, 0.5) is 0 Å². The van der Waals surface area contributed by atoms with Crippen molar-refractivity contribution in [3.05, 3.63) is 0 Å². The van der Waals surface area contributed by atoms with E-state index in [4.69, 9.17) is 90.0 Å². The first-order valence-electron chi connectivity index (χ1n) is 35.2. The highest BCUT2D eigenvalue weighted by Gasteiger charge is 2.61. The average molecular weight is 1620 g/mol. The number of aliphatic hydroxyl groups is 29. The summed E-state index contributed by atoms with van der Waals surface area (Å²) in [5, 5.41) is 324. The van der Waals surface area contributed by atoms with Gasteiger partial charge in [0.2, 0.25) is 0 Å². The molecule has 50 nitrogen and oxygen atoms in total. The van der Waals surface area contributed by atoms with Crippen LogP contribution in [0.5, 0.6) is 0 Å². The normalized spacial score (nSPS) is 54.3. The van der Waals surface area contributed by atoms with Crippen molar-refractivity contribution >= 4 is 5.91 Å². The van der Waals surface area contributed by atoms with Crippen LogP contribution in [0.25, 0.3) is 0 Å². The lowest BCUT2D eigenvalue weighted by molar-refractivity contribution is -0.399. The molecule has 30 N–H and O–H groups in total. The Morgan fingerprint density at radius 3 is 0.864 bits per heavy atom. The van der Waals surface area contributed by atoms with Gasteiger partial charge < -0.3 is 243 Å². The summed E-state index contributed by atoms with van der Waals surface area (Å²) in [5.74, 6) is -1.40. The van der Waals surface area contributed by atoms with Gasteiger partial charge in [0.1, 0.15) is 226 Å². The molecule has 0 radical (unpaired) electrons. The van der Waals surface area contributed by atoms with Gasteiger partial charge >= 0.3 is 0 Å². The van der Waals surface area contributed by atoms with Crippen LogP contribution in [-0.4, -0.2) is 514 Å². The van der Waals surface area contributed by atoms with Gasteiger partial charge in [-0.05, 0) is 0 Å². The van der Waals surface area contributed by atoms with E-state index in [1.807, 2.05) is 0 Å². The monoisotopic (exact) mass is 1620 g/mol. The Balaban J connectivity index is 0.848. The fourth-order valence-corrected chi connectivity index (χ4v) is 14.7. The van der Waals surface area contributed by atoms with E-state index in [9.17, 15) is 153 Å². The summed E-state index contributed by atoms with van der Waals surface area (Å²) < 4.78 is 109. The third-order valence-corrected chi connectivity index (χ3v) is 21.1. The highest BCUT2D eigenvalue weighted by atomic mass is 16.8. The number of carbonyl (C=O) groups is 1. The molecule has 110 heavy (non-hydrogen) atoms. The molecule has 2 unspecified atom stereocenters. The zero-order valence-electron chi connectivity index (χ0n) is 57.5. The number of nitrogens with one attached hydrogen (secondary N) is 1. The van der Waals surface area contributed by atoms with E-state index in [0.29, 0.717) is 0 Å². The van der Waals surface area contributed by atoms with Crippen LogP contribution in [0.2, 0.25) is 0 Å². The molecule has 24 saturated heterocycles. The highest BCUT2D eigenvalue weighted by molar-refractivity contribution is 5.82. The number of hydrogen-bond donors (Lipinski definition) is 30. The first-order valence-corrected chi connectivity index (χ1v) is 35.2. The second-order valence-electron chi connectivity index (χ2n) is 28.2. The van der Waals surface area contributed by atoms with Gasteiger partial charge in [-0.3, -0.25) is 4.79 Å². The van der Waals surface area contributed by atoms with E-state index in [-0.39, 0.29) is 0 Å². The SMILES string of the molecule is O=C(N[C@@H]1[C@@H](O)[C@@H](O)[C@@H](CO)O[C@@H]1O)[C@H]1OC(O[C@H]2C[C@@H](O)[C@@H](OC[C@H]3O[C@@H]4O[C@H]5[C@H](O)[C@@H](O)C(O[C@H]6[C@H](O)[C@@H](O)[C@@H](O[C@H]7[C@H](O)[C@@H](O)[C@@H](O[C@H]8[C@H](O)[C@@H](O)[C@@H](O[C@H]9[C@H](O)[C@@H](O)[C@@H](O[C@H]%10[C@H](O)[C@@H](O)[C@@H](O[C@H]3[C@H](O)[C@H]4O)O[C@@H]%10CO)O[C@@H]9CO)O[C@@H]8CO)O[C@@H]7CO)O[C@@H]6CO)O[C@@H]5CO)O[C@@H]2CO)[C@H](O)[C@@H](O)[C@@H]1O. The molecule has 0 aromatic rings. The van der Waals surface area contributed by atoms with Crippen molar-refractivity contribution in [3.8, 4) is 0 Å².